The first-order valence-electron chi connectivity index (χ1n) is 5.06. The minimum atomic E-state index is -0.520. The van der Waals surface area contributed by atoms with Crippen molar-refractivity contribution in [2.45, 2.75) is 17.0 Å². The van der Waals surface area contributed by atoms with Crippen molar-refractivity contribution in [1.82, 2.24) is 15.0 Å². The van der Waals surface area contributed by atoms with Crippen molar-refractivity contribution in [3.63, 3.8) is 0 Å². The molecule has 0 unspecified atom stereocenters. The van der Waals surface area contributed by atoms with Crippen LogP contribution >= 0.6 is 27.7 Å². The van der Waals surface area contributed by atoms with E-state index in [-0.39, 0.29) is 22.4 Å². The number of aryl methyl sites for hydroxylation is 1. The van der Waals surface area contributed by atoms with Crippen molar-refractivity contribution in [2.24, 2.45) is 0 Å². The van der Waals surface area contributed by atoms with Crippen LogP contribution in [0.25, 0.3) is 0 Å². The van der Waals surface area contributed by atoms with Crippen LogP contribution in [0, 0.1) is 17.0 Å². The van der Waals surface area contributed by atoms with Crippen molar-refractivity contribution in [3.8, 4) is 0 Å². The van der Waals surface area contributed by atoms with Crippen molar-refractivity contribution >= 4 is 39.3 Å². The molecule has 2 N–H and O–H groups in total. The average molecular weight is 342 g/mol. The Hall–Kier alpha value is -1.74. The van der Waals surface area contributed by atoms with Crippen LogP contribution in [-0.4, -0.2) is 19.9 Å². The van der Waals surface area contributed by atoms with Gasteiger partial charge in [-0.15, -0.1) is 0 Å². The minimum absolute atomic E-state index is 0.00217. The molecule has 0 atom stereocenters. The number of rotatable bonds is 3. The molecule has 0 aliphatic heterocycles. The number of halogens is 1. The zero-order valence-corrected chi connectivity index (χ0v) is 12.1. The van der Waals surface area contributed by atoms with Crippen LogP contribution in [0.1, 0.15) is 5.69 Å². The Morgan fingerprint density at radius 1 is 1.42 bits per heavy atom. The molecule has 7 nitrogen and oxygen atoms in total. The molecule has 2 aromatic rings. The summed E-state index contributed by atoms with van der Waals surface area (Å²) in [5, 5.41) is 11.8. The molecule has 0 radical (unpaired) electrons. The summed E-state index contributed by atoms with van der Waals surface area (Å²) in [5.74, 6) is -0.00217. The van der Waals surface area contributed by atoms with Gasteiger partial charge >= 0.3 is 5.69 Å². The number of nitrogen functional groups attached to an aromatic ring is 1. The smallest absolute Gasteiger partial charge is 0.322 e. The van der Waals surface area contributed by atoms with Crippen LogP contribution in [0.2, 0.25) is 0 Å². The van der Waals surface area contributed by atoms with Crippen LogP contribution in [0.5, 0.6) is 0 Å². The third-order valence-corrected chi connectivity index (χ3v) is 4.04. The predicted octanol–water partition coefficient (Wildman–Crippen LogP) is 2.58. The lowest BCUT2D eigenvalue weighted by Crippen LogP contribution is -2.04. The van der Waals surface area contributed by atoms with Crippen LogP contribution in [0.3, 0.4) is 0 Å². The fourth-order valence-electron chi connectivity index (χ4n) is 1.38. The van der Waals surface area contributed by atoms with Crippen molar-refractivity contribution < 1.29 is 4.92 Å². The number of nitro groups is 1. The molecule has 98 valence electrons. The van der Waals surface area contributed by atoms with E-state index >= 15 is 0 Å². The maximum Gasteiger partial charge on any atom is 0.322 e. The number of hydrogen-bond acceptors (Lipinski definition) is 7. The lowest BCUT2D eigenvalue weighted by molar-refractivity contribution is -0.389. The van der Waals surface area contributed by atoms with E-state index < -0.39 is 4.92 Å². The quantitative estimate of drug-likeness (QED) is 0.519. The Morgan fingerprint density at radius 2 is 2.16 bits per heavy atom. The molecule has 0 fully saturated rings. The summed E-state index contributed by atoms with van der Waals surface area (Å²) >= 11 is 4.39. The van der Waals surface area contributed by atoms with Crippen LogP contribution in [-0.2, 0) is 0 Å². The summed E-state index contributed by atoms with van der Waals surface area (Å²) in [6.07, 6.45) is 1.59. The standard InChI is InChI=1S/C10H8BrN5O2S/c1-5-7(16(17)18)9(15-10(12)14-5)19-8-6(11)3-2-4-13-8/h2-4H,1H3,(H2,12,14,15). The van der Waals surface area contributed by atoms with Crippen molar-refractivity contribution in [3.05, 3.63) is 38.6 Å². The lowest BCUT2D eigenvalue weighted by Gasteiger charge is -2.05. The van der Waals surface area contributed by atoms with Gasteiger partial charge in [0.1, 0.15) is 10.7 Å². The average Bonchev–Trinajstić information content (AvgIpc) is 2.30. The largest absolute Gasteiger partial charge is 0.368 e. The van der Waals surface area contributed by atoms with E-state index in [1.54, 1.807) is 18.3 Å². The van der Waals surface area contributed by atoms with Gasteiger partial charge in [0.15, 0.2) is 5.03 Å². The molecule has 2 aromatic heterocycles. The zero-order valence-electron chi connectivity index (χ0n) is 9.70. The first-order valence-corrected chi connectivity index (χ1v) is 6.67. The Bertz CT molecular complexity index is 652. The summed E-state index contributed by atoms with van der Waals surface area (Å²) in [4.78, 5) is 22.4. The van der Waals surface area contributed by atoms with Gasteiger partial charge in [-0.05, 0) is 46.7 Å². The number of nitrogens with two attached hydrogens (primary N) is 1. The van der Waals surface area contributed by atoms with Gasteiger partial charge in [-0.1, -0.05) is 0 Å². The van der Waals surface area contributed by atoms with E-state index in [1.165, 1.54) is 6.92 Å². The molecule has 0 bridgehead atoms. The third kappa shape index (κ3) is 2.99. The van der Waals surface area contributed by atoms with E-state index in [0.717, 1.165) is 16.2 Å². The normalized spacial score (nSPS) is 10.4. The van der Waals surface area contributed by atoms with Crippen molar-refractivity contribution in [2.75, 3.05) is 5.73 Å². The number of anilines is 1. The Morgan fingerprint density at radius 3 is 2.79 bits per heavy atom. The second-order valence-corrected chi connectivity index (χ2v) is 5.30. The Kier molecular flexibility index (Phi) is 3.96. The highest BCUT2D eigenvalue weighted by atomic mass is 79.9. The molecule has 2 heterocycles. The van der Waals surface area contributed by atoms with E-state index in [2.05, 4.69) is 30.9 Å². The fraction of sp³-hybridized carbons (Fsp3) is 0.100. The second kappa shape index (κ2) is 5.49. The summed E-state index contributed by atoms with van der Waals surface area (Å²) in [6, 6.07) is 3.54. The number of nitrogens with zero attached hydrogens (tertiary/aromatic N) is 4. The van der Waals surface area contributed by atoms with Gasteiger partial charge < -0.3 is 5.73 Å². The van der Waals surface area contributed by atoms with E-state index in [0.29, 0.717) is 5.03 Å². The molecule has 0 aliphatic rings. The molecule has 2 rings (SSSR count). The predicted molar refractivity (Wildman–Crippen MR) is 73.9 cm³/mol. The first-order chi connectivity index (χ1) is 8.99. The van der Waals surface area contributed by atoms with Gasteiger partial charge in [-0.25, -0.2) is 9.97 Å². The minimum Gasteiger partial charge on any atom is -0.368 e. The highest BCUT2D eigenvalue weighted by Gasteiger charge is 2.23. The molecule has 19 heavy (non-hydrogen) atoms. The van der Waals surface area contributed by atoms with E-state index in [1.807, 2.05) is 0 Å². The molecule has 0 aromatic carbocycles. The van der Waals surface area contributed by atoms with Crippen LogP contribution in [0.4, 0.5) is 11.6 Å². The Balaban J connectivity index is 2.51. The summed E-state index contributed by atoms with van der Waals surface area (Å²) in [7, 11) is 0. The van der Waals surface area contributed by atoms with E-state index in [4.69, 9.17) is 5.73 Å². The van der Waals surface area contributed by atoms with Gasteiger partial charge in [0.2, 0.25) is 5.95 Å². The molecule has 0 aliphatic carbocycles. The third-order valence-electron chi connectivity index (χ3n) is 2.14. The summed E-state index contributed by atoms with van der Waals surface area (Å²) in [6.45, 7) is 1.52. The van der Waals surface area contributed by atoms with E-state index in [9.17, 15) is 10.1 Å². The van der Waals surface area contributed by atoms with Crippen LogP contribution < -0.4 is 5.73 Å². The highest BCUT2D eigenvalue weighted by molar-refractivity contribution is 9.10. The maximum absolute atomic E-state index is 11.1. The topological polar surface area (TPSA) is 108 Å². The second-order valence-electron chi connectivity index (χ2n) is 3.47. The van der Waals surface area contributed by atoms with Gasteiger partial charge in [-0.2, -0.15) is 4.98 Å². The number of aromatic nitrogens is 3. The number of hydrogen-bond donors (Lipinski definition) is 1. The van der Waals surface area contributed by atoms with Gasteiger partial charge in [0.05, 0.1) is 9.40 Å². The molecule has 0 spiro atoms. The SMILES string of the molecule is Cc1nc(N)nc(Sc2ncccc2Br)c1[N+](=O)[O-]. The van der Waals surface area contributed by atoms with Gasteiger partial charge in [0, 0.05) is 6.20 Å². The molecular formula is C10H8BrN5O2S. The first kappa shape index (κ1) is 13.7. The summed E-state index contributed by atoms with van der Waals surface area (Å²) < 4.78 is 0.726. The van der Waals surface area contributed by atoms with Crippen molar-refractivity contribution in [1.29, 1.82) is 0 Å². The molecule has 0 saturated carbocycles. The maximum atomic E-state index is 11.1. The van der Waals surface area contributed by atoms with Gasteiger partial charge in [0.25, 0.3) is 0 Å². The number of pyridine rings is 1. The zero-order chi connectivity index (χ0) is 14.0. The highest BCUT2D eigenvalue weighted by Crippen LogP contribution is 2.36. The fourth-order valence-corrected chi connectivity index (χ4v) is 2.80. The summed E-state index contributed by atoms with van der Waals surface area (Å²) in [5.41, 5.74) is 5.60. The molecule has 0 saturated heterocycles. The molecule has 0 amide bonds. The molecular weight excluding hydrogens is 334 g/mol. The monoisotopic (exact) mass is 341 g/mol. The Labute approximate surface area is 120 Å². The lowest BCUT2D eigenvalue weighted by atomic mass is 10.4. The van der Waals surface area contributed by atoms with Gasteiger partial charge in [-0.3, -0.25) is 10.1 Å². The molecule has 9 heteroatoms. The van der Waals surface area contributed by atoms with Crippen LogP contribution in [0.15, 0.2) is 32.9 Å².